The van der Waals surface area contributed by atoms with Crippen LogP contribution in [-0.2, 0) is 14.4 Å². The molecule has 1 aromatic heterocycles. The van der Waals surface area contributed by atoms with Crippen LogP contribution in [0.1, 0.15) is 5.56 Å². The van der Waals surface area contributed by atoms with Crippen molar-refractivity contribution in [3.63, 3.8) is 0 Å². The molecule has 0 aliphatic rings. The Morgan fingerprint density at radius 3 is 2.65 bits per heavy atom. The lowest BCUT2D eigenvalue weighted by Gasteiger charge is -2.14. The number of fused-ring (bicyclic) bond motifs is 1. The van der Waals surface area contributed by atoms with Crippen molar-refractivity contribution in [2.75, 3.05) is 14.2 Å². The van der Waals surface area contributed by atoms with Crippen LogP contribution >= 0.6 is 11.6 Å². The van der Waals surface area contributed by atoms with Crippen LogP contribution in [0.2, 0.25) is 5.15 Å². The lowest BCUT2D eigenvalue weighted by molar-refractivity contribution is -0.132. The zero-order valence-electron chi connectivity index (χ0n) is 14.0. The van der Waals surface area contributed by atoms with Crippen LogP contribution in [-0.4, -0.2) is 35.9 Å². The van der Waals surface area contributed by atoms with E-state index in [0.29, 0.717) is 11.3 Å². The Kier molecular flexibility index (Phi) is 5.28. The molecule has 0 radical (unpaired) electrons. The second-order valence-electron chi connectivity index (χ2n) is 5.06. The lowest BCUT2D eigenvalue weighted by Crippen LogP contribution is -2.18. The Balaban J connectivity index is 2.22. The molecule has 2 aromatic carbocycles. The molecule has 0 saturated carbocycles. The summed E-state index contributed by atoms with van der Waals surface area (Å²) in [5, 5.41) is 5.69. The molecule has 0 aliphatic heterocycles. The first kappa shape index (κ1) is 17.6. The summed E-state index contributed by atoms with van der Waals surface area (Å²) in [6, 6.07) is 12.6. The van der Waals surface area contributed by atoms with Crippen LogP contribution in [0.3, 0.4) is 0 Å². The van der Waals surface area contributed by atoms with Crippen LogP contribution in [0.15, 0.2) is 53.9 Å². The summed E-state index contributed by atoms with van der Waals surface area (Å²) in [6.45, 7) is 0. The molecule has 0 atom stereocenters. The van der Waals surface area contributed by atoms with Gasteiger partial charge in [-0.3, -0.25) is 0 Å². The maximum Gasteiger partial charge on any atom is 0.360 e. The van der Waals surface area contributed by atoms with E-state index in [1.54, 1.807) is 6.07 Å². The highest BCUT2D eigenvalue weighted by molar-refractivity contribution is 6.44. The largest absolute Gasteiger partial charge is 0.464 e. The van der Waals surface area contributed by atoms with Gasteiger partial charge in [-0.2, -0.15) is 0 Å². The van der Waals surface area contributed by atoms with Gasteiger partial charge in [-0.15, -0.1) is 0 Å². The summed E-state index contributed by atoms with van der Waals surface area (Å²) < 4.78 is 10.7. The molecular formula is C18H14ClN3O4. The van der Waals surface area contributed by atoms with Crippen molar-refractivity contribution in [1.82, 2.24) is 9.97 Å². The first-order valence-corrected chi connectivity index (χ1v) is 7.89. The minimum absolute atomic E-state index is 0.0316. The van der Waals surface area contributed by atoms with Gasteiger partial charge in [0.15, 0.2) is 5.71 Å². The molecule has 26 heavy (non-hydrogen) atoms. The molecule has 132 valence electrons. The third-order valence-electron chi connectivity index (χ3n) is 3.51. The number of ether oxygens (including phenoxy) is 2. The topological polar surface area (TPSA) is 82.9 Å². The Bertz CT molecular complexity index is 991. The average molecular weight is 372 g/mol. The molecule has 3 aromatic rings. The van der Waals surface area contributed by atoms with Crippen LogP contribution in [0.25, 0.3) is 10.8 Å². The van der Waals surface area contributed by atoms with Gasteiger partial charge in [-0.1, -0.05) is 47.1 Å². The van der Waals surface area contributed by atoms with Gasteiger partial charge in [-0.05, 0) is 11.5 Å². The molecule has 3 rings (SSSR count). The van der Waals surface area contributed by atoms with E-state index in [1.165, 1.54) is 26.6 Å². The number of oxime groups is 1. The number of hydrogen-bond donors (Lipinski definition) is 0. The van der Waals surface area contributed by atoms with Gasteiger partial charge in [-0.25, -0.2) is 14.8 Å². The van der Waals surface area contributed by atoms with Gasteiger partial charge in [0.2, 0.25) is 5.88 Å². The maximum atomic E-state index is 12.2. The van der Waals surface area contributed by atoms with Crippen LogP contribution in [0, 0.1) is 0 Å². The zero-order valence-corrected chi connectivity index (χ0v) is 14.7. The molecule has 0 spiro atoms. The summed E-state index contributed by atoms with van der Waals surface area (Å²) in [5.41, 5.74) is 0.364. The number of carbonyl (C=O) groups excluding carboxylic acids is 1. The van der Waals surface area contributed by atoms with E-state index >= 15 is 0 Å². The van der Waals surface area contributed by atoms with E-state index in [0.717, 1.165) is 10.8 Å². The van der Waals surface area contributed by atoms with E-state index in [2.05, 4.69) is 15.1 Å². The van der Waals surface area contributed by atoms with Gasteiger partial charge >= 0.3 is 5.97 Å². The molecule has 8 heteroatoms. The number of benzene rings is 2. The Labute approximate surface area is 154 Å². The van der Waals surface area contributed by atoms with Crippen LogP contribution < -0.4 is 4.74 Å². The molecule has 0 N–H and O–H groups in total. The predicted molar refractivity (Wildman–Crippen MR) is 96.6 cm³/mol. The molecular weight excluding hydrogens is 358 g/mol. The first-order chi connectivity index (χ1) is 12.6. The van der Waals surface area contributed by atoms with Crippen LogP contribution in [0.5, 0.6) is 11.6 Å². The minimum Gasteiger partial charge on any atom is -0.464 e. The fourth-order valence-electron chi connectivity index (χ4n) is 2.40. The molecule has 1 heterocycles. The smallest absolute Gasteiger partial charge is 0.360 e. The highest BCUT2D eigenvalue weighted by Crippen LogP contribution is 2.34. The number of rotatable bonds is 5. The number of nitrogens with zero attached hydrogens (tertiary/aromatic N) is 3. The number of hydrogen-bond acceptors (Lipinski definition) is 7. The van der Waals surface area contributed by atoms with Crippen molar-refractivity contribution < 1.29 is 19.1 Å². The van der Waals surface area contributed by atoms with E-state index in [4.69, 9.17) is 25.9 Å². The number of esters is 1. The Morgan fingerprint density at radius 2 is 1.92 bits per heavy atom. The second-order valence-corrected chi connectivity index (χ2v) is 5.45. The van der Waals surface area contributed by atoms with Crippen molar-refractivity contribution in [2.24, 2.45) is 5.16 Å². The van der Waals surface area contributed by atoms with Gasteiger partial charge < -0.3 is 14.3 Å². The maximum absolute atomic E-state index is 12.2. The number of aromatic nitrogens is 2. The van der Waals surface area contributed by atoms with Gasteiger partial charge in [0.05, 0.1) is 12.7 Å². The van der Waals surface area contributed by atoms with E-state index in [-0.39, 0.29) is 16.7 Å². The summed E-state index contributed by atoms with van der Waals surface area (Å²) in [4.78, 5) is 24.8. The first-order valence-electron chi connectivity index (χ1n) is 7.51. The quantitative estimate of drug-likeness (QED) is 0.295. The molecule has 0 saturated heterocycles. The lowest BCUT2D eigenvalue weighted by atomic mass is 10.0. The predicted octanol–water partition coefficient (Wildman–Crippen LogP) is 3.60. The van der Waals surface area contributed by atoms with Gasteiger partial charge in [0, 0.05) is 11.5 Å². The molecule has 0 aliphatic carbocycles. The fraction of sp³-hybridized carbons (Fsp3) is 0.111. The molecule has 7 nitrogen and oxygen atoms in total. The number of carbonyl (C=O) groups is 1. The Morgan fingerprint density at radius 1 is 1.12 bits per heavy atom. The fourth-order valence-corrected chi connectivity index (χ4v) is 2.54. The monoisotopic (exact) mass is 371 g/mol. The molecule has 0 unspecified atom stereocenters. The molecule has 0 bridgehead atoms. The highest BCUT2D eigenvalue weighted by Gasteiger charge is 2.23. The van der Waals surface area contributed by atoms with E-state index in [9.17, 15) is 4.79 Å². The van der Waals surface area contributed by atoms with Crippen molar-refractivity contribution >= 4 is 34.1 Å². The standard InChI is InChI=1S/C18H14ClN3O4/c1-24-18(23)16(22-25-2)13-8-7-11-5-3-4-6-12(11)17(13)26-15-9-14(19)20-10-21-15/h3-10H,1-2H3. The van der Waals surface area contributed by atoms with Crippen LogP contribution in [0.4, 0.5) is 0 Å². The molecule has 0 amide bonds. The summed E-state index contributed by atoms with van der Waals surface area (Å²) in [6.07, 6.45) is 1.28. The third-order valence-corrected chi connectivity index (χ3v) is 3.72. The molecule has 0 fully saturated rings. The van der Waals surface area contributed by atoms with Crippen molar-refractivity contribution in [2.45, 2.75) is 0 Å². The van der Waals surface area contributed by atoms with Gasteiger partial charge in [0.25, 0.3) is 0 Å². The third kappa shape index (κ3) is 3.57. The van der Waals surface area contributed by atoms with Crippen molar-refractivity contribution in [3.8, 4) is 11.6 Å². The SMILES string of the molecule is CON=C(C(=O)OC)c1ccc2ccccc2c1Oc1cc(Cl)ncn1. The van der Waals surface area contributed by atoms with E-state index < -0.39 is 5.97 Å². The zero-order chi connectivity index (χ0) is 18.5. The van der Waals surface area contributed by atoms with Gasteiger partial charge in [0.1, 0.15) is 24.3 Å². The Hall–Kier alpha value is -3.19. The normalized spacial score (nSPS) is 11.3. The average Bonchev–Trinajstić information content (AvgIpc) is 2.66. The summed E-state index contributed by atoms with van der Waals surface area (Å²) >= 11 is 5.91. The van der Waals surface area contributed by atoms with Crippen molar-refractivity contribution in [3.05, 3.63) is 59.5 Å². The second kappa shape index (κ2) is 7.79. The highest BCUT2D eigenvalue weighted by atomic mass is 35.5. The minimum atomic E-state index is -0.660. The summed E-state index contributed by atoms with van der Waals surface area (Å²) in [5.74, 6) is -0.0593. The summed E-state index contributed by atoms with van der Waals surface area (Å²) in [7, 11) is 2.61. The van der Waals surface area contributed by atoms with Crippen molar-refractivity contribution in [1.29, 1.82) is 0 Å². The number of halogens is 1. The van der Waals surface area contributed by atoms with E-state index in [1.807, 2.05) is 30.3 Å². The number of methoxy groups -OCH3 is 1.